The minimum atomic E-state index is -0.163. The second kappa shape index (κ2) is 5.54. The van der Waals surface area contributed by atoms with Crippen LogP contribution in [0, 0.1) is 11.7 Å². The van der Waals surface area contributed by atoms with E-state index in [4.69, 9.17) is 0 Å². The Morgan fingerprint density at radius 3 is 2.88 bits per heavy atom. The maximum Gasteiger partial charge on any atom is 0.157 e. The summed E-state index contributed by atoms with van der Waals surface area (Å²) in [4.78, 5) is 4.43. The van der Waals surface area contributed by atoms with Gasteiger partial charge in [0.05, 0.1) is 6.54 Å². The van der Waals surface area contributed by atoms with Gasteiger partial charge in [0.15, 0.2) is 5.17 Å². The van der Waals surface area contributed by atoms with E-state index in [2.05, 4.69) is 24.2 Å². The van der Waals surface area contributed by atoms with E-state index in [1.54, 1.807) is 23.9 Å². The summed E-state index contributed by atoms with van der Waals surface area (Å²) < 4.78 is 13.4. The van der Waals surface area contributed by atoms with Gasteiger partial charge in [-0.2, -0.15) is 0 Å². The maximum absolute atomic E-state index is 13.4. The average molecular weight is 252 g/mol. The monoisotopic (exact) mass is 252 g/mol. The van der Waals surface area contributed by atoms with Crippen LogP contribution in [0.3, 0.4) is 0 Å². The molecule has 1 heterocycles. The van der Waals surface area contributed by atoms with Crippen LogP contribution in [0.25, 0.3) is 0 Å². The van der Waals surface area contributed by atoms with Gasteiger partial charge in [0.2, 0.25) is 0 Å². The predicted octanol–water partition coefficient (Wildman–Crippen LogP) is 3.04. The number of hydrogen-bond acceptors (Lipinski definition) is 3. The summed E-state index contributed by atoms with van der Waals surface area (Å²) in [5, 5.41) is 4.69. The van der Waals surface area contributed by atoms with E-state index in [0.717, 1.165) is 11.7 Å². The zero-order valence-electron chi connectivity index (χ0n) is 10.1. The van der Waals surface area contributed by atoms with Gasteiger partial charge in [-0.05, 0) is 12.0 Å². The maximum atomic E-state index is 13.4. The summed E-state index contributed by atoms with van der Waals surface area (Å²) in [6.45, 7) is 5.77. The van der Waals surface area contributed by atoms with Crippen molar-refractivity contribution in [3.05, 3.63) is 35.6 Å². The molecule has 1 aromatic rings. The van der Waals surface area contributed by atoms with Crippen molar-refractivity contribution in [2.75, 3.05) is 6.54 Å². The van der Waals surface area contributed by atoms with E-state index >= 15 is 0 Å². The number of thioether (sulfide) groups is 1. The number of nitrogens with one attached hydrogen (secondary N) is 1. The Balaban J connectivity index is 1.86. The normalized spacial score (nSPS) is 19.5. The molecule has 0 aromatic heterocycles. The molecule has 0 spiro atoms. The number of benzene rings is 1. The average Bonchev–Trinajstić information content (AvgIpc) is 2.77. The lowest BCUT2D eigenvalue weighted by atomic mass is 10.1. The zero-order valence-corrected chi connectivity index (χ0v) is 10.9. The molecule has 4 heteroatoms. The van der Waals surface area contributed by atoms with Crippen molar-refractivity contribution in [3.63, 3.8) is 0 Å². The molecule has 1 N–H and O–H groups in total. The number of rotatable bonds is 3. The first kappa shape index (κ1) is 12.4. The van der Waals surface area contributed by atoms with E-state index in [0.29, 0.717) is 23.3 Å². The Morgan fingerprint density at radius 2 is 2.24 bits per heavy atom. The largest absolute Gasteiger partial charge is 0.361 e. The van der Waals surface area contributed by atoms with Gasteiger partial charge in [-0.3, -0.25) is 4.99 Å². The van der Waals surface area contributed by atoms with E-state index in [9.17, 15) is 4.39 Å². The second-order valence-electron chi connectivity index (χ2n) is 4.49. The highest BCUT2D eigenvalue weighted by atomic mass is 32.2. The molecular weight excluding hydrogens is 235 g/mol. The lowest BCUT2D eigenvalue weighted by Gasteiger charge is -2.12. The van der Waals surface area contributed by atoms with Crippen molar-refractivity contribution >= 4 is 16.9 Å². The molecule has 0 saturated heterocycles. The van der Waals surface area contributed by atoms with Crippen molar-refractivity contribution in [2.24, 2.45) is 10.9 Å². The Labute approximate surface area is 106 Å². The molecule has 92 valence electrons. The van der Waals surface area contributed by atoms with Gasteiger partial charge in [-0.15, -0.1) is 0 Å². The molecule has 0 fully saturated rings. The molecule has 17 heavy (non-hydrogen) atoms. The number of aliphatic imine (C=N–C) groups is 1. The lowest BCUT2D eigenvalue weighted by Crippen LogP contribution is -2.20. The van der Waals surface area contributed by atoms with E-state index in [1.807, 2.05) is 6.07 Å². The van der Waals surface area contributed by atoms with Gasteiger partial charge >= 0.3 is 0 Å². The van der Waals surface area contributed by atoms with Gasteiger partial charge in [0.1, 0.15) is 5.82 Å². The predicted molar refractivity (Wildman–Crippen MR) is 71.8 cm³/mol. The molecule has 2 rings (SSSR count). The first-order chi connectivity index (χ1) is 8.16. The first-order valence-electron chi connectivity index (χ1n) is 5.85. The molecule has 0 aliphatic carbocycles. The fourth-order valence-electron chi connectivity index (χ4n) is 1.65. The first-order valence-corrected chi connectivity index (χ1v) is 6.73. The minimum absolute atomic E-state index is 0.163. The van der Waals surface area contributed by atoms with Crippen LogP contribution in [0.2, 0.25) is 0 Å². The van der Waals surface area contributed by atoms with Gasteiger partial charge in [-0.1, -0.05) is 43.8 Å². The van der Waals surface area contributed by atoms with Crippen LogP contribution in [-0.4, -0.2) is 17.0 Å². The van der Waals surface area contributed by atoms with Gasteiger partial charge < -0.3 is 5.32 Å². The van der Waals surface area contributed by atoms with E-state index < -0.39 is 0 Å². The fraction of sp³-hybridized carbons (Fsp3) is 0.462. The Hall–Kier alpha value is -1.03. The fourth-order valence-corrected chi connectivity index (χ4v) is 2.66. The Morgan fingerprint density at radius 1 is 1.47 bits per heavy atom. The quantitative estimate of drug-likeness (QED) is 0.894. The smallest absolute Gasteiger partial charge is 0.157 e. The third kappa shape index (κ3) is 3.22. The third-order valence-electron chi connectivity index (χ3n) is 2.81. The number of hydrogen-bond donors (Lipinski definition) is 1. The van der Waals surface area contributed by atoms with Crippen molar-refractivity contribution in [3.8, 4) is 0 Å². The van der Waals surface area contributed by atoms with Crippen LogP contribution in [0.4, 0.5) is 4.39 Å². The summed E-state index contributed by atoms with van der Waals surface area (Å²) in [7, 11) is 0. The van der Waals surface area contributed by atoms with Crippen molar-refractivity contribution < 1.29 is 4.39 Å². The second-order valence-corrected chi connectivity index (χ2v) is 5.72. The van der Waals surface area contributed by atoms with Gasteiger partial charge in [0, 0.05) is 17.4 Å². The summed E-state index contributed by atoms with van der Waals surface area (Å²) in [6, 6.07) is 6.83. The third-order valence-corrected chi connectivity index (χ3v) is 4.30. The van der Waals surface area contributed by atoms with Crippen molar-refractivity contribution in [1.82, 2.24) is 5.32 Å². The molecular formula is C13H17FN2S. The molecule has 2 nitrogen and oxygen atoms in total. The minimum Gasteiger partial charge on any atom is -0.361 e. The molecule has 1 aliphatic heterocycles. The summed E-state index contributed by atoms with van der Waals surface area (Å²) >= 11 is 1.76. The molecule has 0 radical (unpaired) electrons. The molecule has 1 aliphatic rings. The zero-order chi connectivity index (χ0) is 12.3. The highest BCUT2D eigenvalue weighted by Gasteiger charge is 2.22. The molecule has 1 unspecified atom stereocenters. The van der Waals surface area contributed by atoms with Crippen LogP contribution >= 0.6 is 11.8 Å². The van der Waals surface area contributed by atoms with Crippen LogP contribution in [0.1, 0.15) is 19.4 Å². The van der Waals surface area contributed by atoms with Crippen LogP contribution < -0.4 is 5.32 Å². The number of amidine groups is 1. The highest BCUT2D eigenvalue weighted by Crippen LogP contribution is 2.26. The van der Waals surface area contributed by atoms with Crippen molar-refractivity contribution in [2.45, 2.75) is 25.6 Å². The van der Waals surface area contributed by atoms with Crippen LogP contribution in [0.5, 0.6) is 0 Å². The molecule has 1 atom stereocenters. The van der Waals surface area contributed by atoms with E-state index in [-0.39, 0.29) is 5.82 Å². The standard InChI is InChI=1S/C13H17FN2S/c1-9(2)12-8-16-13(17-12)15-7-10-5-3-4-6-11(10)14/h3-6,9,12H,7-8H2,1-2H3,(H,15,16). The SMILES string of the molecule is CC(C)C1CN=C(NCc2ccccc2F)S1. The number of nitrogens with zero attached hydrogens (tertiary/aromatic N) is 1. The topological polar surface area (TPSA) is 24.4 Å². The highest BCUT2D eigenvalue weighted by molar-refractivity contribution is 8.14. The van der Waals surface area contributed by atoms with Crippen LogP contribution in [0.15, 0.2) is 29.3 Å². The number of halogens is 1. The van der Waals surface area contributed by atoms with E-state index in [1.165, 1.54) is 6.07 Å². The van der Waals surface area contributed by atoms with Gasteiger partial charge in [-0.25, -0.2) is 4.39 Å². The molecule has 0 bridgehead atoms. The molecule has 1 aromatic carbocycles. The van der Waals surface area contributed by atoms with Gasteiger partial charge in [0.25, 0.3) is 0 Å². The Bertz CT molecular complexity index is 418. The Kier molecular flexibility index (Phi) is 4.05. The molecule has 0 amide bonds. The van der Waals surface area contributed by atoms with Crippen molar-refractivity contribution in [1.29, 1.82) is 0 Å². The summed E-state index contributed by atoms with van der Waals surface area (Å²) in [5.41, 5.74) is 0.684. The van der Waals surface area contributed by atoms with Crippen LogP contribution in [-0.2, 0) is 6.54 Å². The lowest BCUT2D eigenvalue weighted by molar-refractivity contribution is 0.606. The molecule has 0 saturated carbocycles. The summed E-state index contributed by atoms with van der Waals surface area (Å²) in [5.74, 6) is 0.459. The summed E-state index contributed by atoms with van der Waals surface area (Å²) in [6.07, 6.45) is 0.